The van der Waals surface area contributed by atoms with Crippen LogP contribution in [0, 0.1) is 23.7 Å². The molecular weight excluding hydrogens is 1010 g/mol. The summed E-state index contributed by atoms with van der Waals surface area (Å²) < 4.78 is 115. The molecule has 8 heterocycles. The highest BCUT2D eigenvalue weighted by atomic mass is 32.2. The number of pyridine rings is 2. The molecule has 2 aliphatic heterocycles. The van der Waals surface area contributed by atoms with E-state index >= 15 is 0 Å². The maximum absolute atomic E-state index is 13.7. The number of rotatable bonds is 12. The monoisotopic (exact) mass is 1070 g/mol. The molecular formula is C48H58F4N14O6S2. The van der Waals surface area contributed by atoms with Gasteiger partial charge in [-0.2, -0.15) is 28.8 Å². The van der Waals surface area contributed by atoms with Gasteiger partial charge < -0.3 is 10.6 Å². The number of hydrogen-bond donors (Lipinski definition) is 2. The number of halogens is 4. The summed E-state index contributed by atoms with van der Waals surface area (Å²) in [5, 5.41) is 15.5. The molecule has 4 bridgehead atoms. The standard InChI is InChI=1S/2C24H29F2N7O3S/c2*1-31-7-6-20(30-31)37(35,36)32-8-4-17(5-9-32)28-24-27-13-16-12-18(21(25)26)23(34)33(22(16)29-24)19-11-14-2-3-15(19)10-14/h2*6-7,12-15,17,19,21H,2-5,8-11H2,1H3,(H,27,28,29)/t2*14-,15+,19+/m10/s1. The van der Waals surface area contributed by atoms with Crippen LogP contribution in [-0.2, 0) is 34.1 Å². The van der Waals surface area contributed by atoms with Crippen molar-refractivity contribution in [2.24, 2.45) is 37.8 Å². The number of aryl methyl sites for hydroxylation is 2. The van der Waals surface area contributed by atoms with Crippen LogP contribution in [0.1, 0.15) is 113 Å². The molecule has 396 valence electrons. The Morgan fingerprint density at radius 2 is 0.959 bits per heavy atom. The summed E-state index contributed by atoms with van der Waals surface area (Å²) in [6, 6.07) is 4.97. The minimum atomic E-state index is -3.66. The Morgan fingerprint density at radius 1 is 0.568 bits per heavy atom. The fourth-order valence-corrected chi connectivity index (χ4v) is 15.4. The Kier molecular flexibility index (Phi) is 13.4. The van der Waals surface area contributed by atoms with Gasteiger partial charge in [-0.15, -0.1) is 0 Å². The average molecular weight is 1070 g/mol. The first-order valence-corrected chi connectivity index (χ1v) is 28.2. The van der Waals surface area contributed by atoms with E-state index in [2.05, 4.69) is 40.8 Å². The lowest BCUT2D eigenvalue weighted by atomic mass is 9.94. The maximum atomic E-state index is 13.7. The van der Waals surface area contributed by atoms with Crippen molar-refractivity contribution in [1.82, 2.24) is 57.2 Å². The molecule has 2 N–H and O–H groups in total. The number of sulfonamides is 2. The molecule has 6 atom stereocenters. The average Bonchev–Trinajstić information content (AvgIpc) is 4.27. The van der Waals surface area contributed by atoms with Gasteiger partial charge in [0.05, 0.1) is 11.1 Å². The van der Waals surface area contributed by atoms with Crippen LogP contribution < -0.4 is 21.8 Å². The van der Waals surface area contributed by atoms with Gasteiger partial charge in [0.25, 0.3) is 44.0 Å². The molecule has 0 unspecified atom stereocenters. The van der Waals surface area contributed by atoms with Gasteiger partial charge in [-0.1, -0.05) is 12.8 Å². The molecule has 20 nitrogen and oxygen atoms in total. The smallest absolute Gasteiger partial charge is 0.269 e. The summed E-state index contributed by atoms with van der Waals surface area (Å²) in [6.45, 7) is 1.27. The van der Waals surface area contributed by atoms with Crippen molar-refractivity contribution in [2.75, 3.05) is 36.8 Å². The van der Waals surface area contributed by atoms with Crippen molar-refractivity contribution in [1.29, 1.82) is 0 Å². The molecule has 0 radical (unpaired) electrons. The maximum Gasteiger partial charge on any atom is 0.269 e. The van der Waals surface area contributed by atoms with Gasteiger partial charge >= 0.3 is 0 Å². The summed E-state index contributed by atoms with van der Waals surface area (Å²) in [7, 11) is -3.98. The van der Waals surface area contributed by atoms with Gasteiger partial charge in [0.1, 0.15) is 11.3 Å². The van der Waals surface area contributed by atoms with E-state index in [4.69, 9.17) is 0 Å². The van der Waals surface area contributed by atoms with Gasteiger partial charge in [-0.3, -0.25) is 28.1 Å². The summed E-state index contributed by atoms with van der Waals surface area (Å²) in [5.74, 6) is 2.27. The van der Waals surface area contributed by atoms with Gasteiger partial charge in [0.15, 0.2) is 10.1 Å². The zero-order valence-corrected chi connectivity index (χ0v) is 42.5. The van der Waals surface area contributed by atoms with Crippen molar-refractivity contribution >= 4 is 54.0 Å². The van der Waals surface area contributed by atoms with E-state index in [0.29, 0.717) is 109 Å². The predicted octanol–water partition coefficient (Wildman–Crippen LogP) is 6.18. The molecule has 6 aliphatic rings. The number of piperidine rings is 2. The molecule has 26 heteroatoms. The lowest BCUT2D eigenvalue weighted by Crippen LogP contribution is -2.42. The molecule has 0 spiro atoms. The number of hydrogen-bond acceptors (Lipinski definition) is 14. The number of alkyl halides is 4. The molecule has 6 aromatic rings. The first kappa shape index (κ1) is 50.3. The topological polar surface area (TPSA) is 230 Å². The van der Waals surface area contributed by atoms with Crippen LogP contribution in [0.3, 0.4) is 0 Å². The zero-order valence-electron chi connectivity index (χ0n) is 40.9. The second-order valence-corrected chi connectivity index (χ2v) is 24.7. The van der Waals surface area contributed by atoms with Crippen molar-refractivity contribution in [2.45, 2.75) is 124 Å². The number of fused-ring (bicyclic) bond motifs is 6. The van der Waals surface area contributed by atoms with Crippen molar-refractivity contribution in [3.63, 3.8) is 0 Å². The molecule has 6 fully saturated rings. The van der Waals surface area contributed by atoms with Gasteiger partial charge in [-0.25, -0.2) is 44.4 Å². The fraction of sp³-hybridized carbons (Fsp3) is 0.583. The highest BCUT2D eigenvalue weighted by Gasteiger charge is 2.44. The SMILES string of the molecule is Cn1ccc(S(=O)(=O)N2CCC(Nc3ncc4cc(C(F)F)c(=O)n([C@@H]5C[C@H]6CC[C@@H]5C6)c4n3)CC2)n1.Cn1ccc(S(=O)(=O)N2CCC(Nc3ncc4cc(C(F)F)c(=O)n([C@H]5C[C@@H]6CC[C@H]5C6)c4n3)CC2)n1. The summed E-state index contributed by atoms with van der Waals surface area (Å²) in [5.41, 5.74) is -1.61. The molecule has 4 saturated carbocycles. The summed E-state index contributed by atoms with van der Waals surface area (Å²) in [6.07, 6.45) is 10.5. The second-order valence-electron chi connectivity index (χ2n) is 20.9. The number of aromatic nitrogens is 10. The van der Waals surface area contributed by atoms with Crippen LogP contribution in [0.15, 0.2) is 68.7 Å². The van der Waals surface area contributed by atoms with Crippen molar-refractivity contribution in [3.8, 4) is 0 Å². The van der Waals surface area contributed by atoms with Gasteiger partial charge in [0, 0.05) is 100 Å². The molecule has 12 rings (SSSR count). The Labute approximate surface area is 423 Å². The van der Waals surface area contributed by atoms with Crippen LogP contribution in [0.2, 0.25) is 0 Å². The third kappa shape index (κ3) is 9.47. The third-order valence-corrected chi connectivity index (χ3v) is 19.9. The van der Waals surface area contributed by atoms with E-state index in [0.717, 1.165) is 51.4 Å². The van der Waals surface area contributed by atoms with Crippen molar-refractivity contribution in [3.05, 3.63) is 80.9 Å². The minimum absolute atomic E-state index is 0.0287. The van der Waals surface area contributed by atoms with E-state index in [1.807, 2.05) is 0 Å². The largest absolute Gasteiger partial charge is 0.351 e. The Balaban J connectivity index is 0.000000159. The van der Waals surface area contributed by atoms with Crippen LogP contribution in [0.25, 0.3) is 22.1 Å². The molecule has 4 aliphatic carbocycles. The summed E-state index contributed by atoms with van der Waals surface area (Å²) >= 11 is 0. The molecule has 74 heavy (non-hydrogen) atoms. The predicted molar refractivity (Wildman–Crippen MR) is 264 cm³/mol. The number of anilines is 2. The third-order valence-electron chi connectivity index (χ3n) is 16.3. The minimum Gasteiger partial charge on any atom is -0.351 e. The number of nitrogens with zero attached hydrogens (tertiary/aromatic N) is 12. The normalized spacial score (nSPS) is 24.9. The van der Waals surface area contributed by atoms with E-state index in [1.54, 1.807) is 26.5 Å². The first-order valence-electron chi connectivity index (χ1n) is 25.3. The van der Waals surface area contributed by atoms with Crippen LogP contribution in [0.5, 0.6) is 0 Å². The van der Waals surface area contributed by atoms with Gasteiger partial charge in [-0.05, 0) is 112 Å². The van der Waals surface area contributed by atoms with E-state index < -0.39 is 55.1 Å². The van der Waals surface area contributed by atoms with Crippen LogP contribution in [-0.4, -0.2) is 112 Å². The highest BCUT2D eigenvalue weighted by molar-refractivity contribution is 7.89. The van der Waals surface area contributed by atoms with E-state index in [1.165, 1.54) is 63.8 Å². The Morgan fingerprint density at radius 3 is 1.27 bits per heavy atom. The molecule has 0 aromatic carbocycles. The molecule has 2 saturated heterocycles. The lowest BCUT2D eigenvalue weighted by Gasteiger charge is -2.31. The van der Waals surface area contributed by atoms with Crippen LogP contribution >= 0.6 is 0 Å². The van der Waals surface area contributed by atoms with E-state index in [9.17, 15) is 44.0 Å². The lowest BCUT2D eigenvalue weighted by molar-refractivity contribution is 0.148. The Hall–Kier alpha value is -5.86. The summed E-state index contributed by atoms with van der Waals surface area (Å²) in [4.78, 5) is 44.3. The van der Waals surface area contributed by atoms with E-state index in [-0.39, 0.29) is 34.2 Å². The van der Waals surface area contributed by atoms with Gasteiger partial charge in [0.2, 0.25) is 11.9 Å². The van der Waals surface area contributed by atoms with Crippen molar-refractivity contribution < 1.29 is 34.4 Å². The van der Waals surface area contributed by atoms with Crippen LogP contribution in [0.4, 0.5) is 29.5 Å². The first-order chi connectivity index (χ1) is 35.4. The number of nitrogens with one attached hydrogen (secondary N) is 2. The molecule has 0 amide bonds. The zero-order chi connectivity index (χ0) is 51.8. The highest BCUT2D eigenvalue weighted by Crippen LogP contribution is 2.52. The quantitative estimate of drug-likeness (QED) is 0.131. The Bertz CT molecular complexity index is 3220. The second kappa shape index (κ2) is 19.7. The molecule has 6 aromatic heterocycles. The fourth-order valence-electron chi connectivity index (χ4n) is 12.6.